The van der Waals surface area contributed by atoms with Crippen LogP contribution in [-0.2, 0) is 4.79 Å². The number of esters is 1. The van der Waals surface area contributed by atoms with Crippen LogP contribution in [0.5, 0.6) is 5.75 Å². The monoisotopic (exact) mass is 252 g/mol. The zero-order valence-electron chi connectivity index (χ0n) is 11.1. The van der Waals surface area contributed by atoms with Gasteiger partial charge in [0, 0.05) is 5.57 Å². The van der Waals surface area contributed by atoms with Crippen LogP contribution in [0.15, 0.2) is 60.2 Å². The summed E-state index contributed by atoms with van der Waals surface area (Å²) in [4.78, 5) is 11.9. The van der Waals surface area contributed by atoms with E-state index in [4.69, 9.17) is 4.74 Å². The number of ether oxygens (including phenoxy) is 1. The summed E-state index contributed by atoms with van der Waals surface area (Å²) < 4.78 is 5.27. The van der Waals surface area contributed by atoms with Crippen molar-refractivity contribution >= 4 is 12.0 Å². The summed E-state index contributed by atoms with van der Waals surface area (Å²) in [6.07, 6.45) is 1.83. The Morgan fingerprint density at radius 1 is 1.05 bits per heavy atom. The molecule has 0 saturated carbocycles. The molecule has 2 rings (SSSR count). The van der Waals surface area contributed by atoms with Crippen molar-refractivity contribution in [2.45, 2.75) is 13.8 Å². The lowest BCUT2D eigenvalue weighted by Crippen LogP contribution is -2.08. The van der Waals surface area contributed by atoms with Crippen LogP contribution in [0.4, 0.5) is 0 Å². The van der Waals surface area contributed by atoms with Gasteiger partial charge >= 0.3 is 5.97 Å². The Hall–Kier alpha value is -2.35. The van der Waals surface area contributed by atoms with E-state index in [1.807, 2.05) is 55.5 Å². The van der Waals surface area contributed by atoms with E-state index >= 15 is 0 Å². The van der Waals surface area contributed by atoms with Gasteiger partial charge in [0.2, 0.25) is 0 Å². The van der Waals surface area contributed by atoms with Crippen LogP contribution in [0, 0.1) is 6.92 Å². The molecule has 96 valence electrons. The molecule has 2 aromatic carbocycles. The number of hydrogen-bond acceptors (Lipinski definition) is 2. The van der Waals surface area contributed by atoms with E-state index in [0.29, 0.717) is 11.3 Å². The van der Waals surface area contributed by atoms with Gasteiger partial charge < -0.3 is 4.74 Å². The second-order valence-corrected chi connectivity index (χ2v) is 4.44. The molecule has 0 heterocycles. The Morgan fingerprint density at radius 2 is 1.79 bits per heavy atom. The SMILES string of the molecule is CC(=Cc1cccc(C)c1)C(=O)Oc1ccccc1. The van der Waals surface area contributed by atoms with E-state index in [-0.39, 0.29) is 5.97 Å². The lowest BCUT2D eigenvalue weighted by molar-refractivity contribution is -0.130. The van der Waals surface area contributed by atoms with Crippen molar-refractivity contribution in [3.8, 4) is 5.75 Å². The van der Waals surface area contributed by atoms with Gasteiger partial charge in [0.15, 0.2) is 0 Å². The molecule has 0 radical (unpaired) electrons. The number of carbonyl (C=O) groups is 1. The third-order valence-electron chi connectivity index (χ3n) is 2.70. The summed E-state index contributed by atoms with van der Waals surface area (Å²) in [6.45, 7) is 3.78. The van der Waals surface area contributed by atoms with Gasteiger partial charge in [-0.2, -0.15) is 0 Å². The van der Waals surface area contributed by atoms with Crippen LogP contribution in [0.2, 0.25) is 0 Å². The molecule has 2 aromatic rings. The van der Waals surface area contributed by atoms with Gasteiger partial charge in [0.25, 0.3) is 0 Å². The highest BCUT2D eigenvalue weighted by molar-refractivity contribution is 5.94. The number of para-hydroxylation sites is 1. The Kier molecular flexibility index (Phi) is 4.14. The molecule has 0 aliphatic heterocycles. The standard InChI is InChI=1S/C17H16O2/c1-13-7-6-8-15(11-13)12-14(2)17(18)19-16-9-4-3-5-10-16/h3-12H,1-2H3. The van der Waals surface area contributed by atoms with E-state index in [2.05, 4.69) is 0 Å². The van der Waals surface area contributed by atoms with E-state index < -0.39 is 0 Å². The summed E-state index contributed by atoms with van der Waals surface area (Å²) in [5, 5.41) is 0. The van der Waals surface area contributed by atoms with Crippen LogP contribution in [0.3, 0.4) is 0 Å². The second-order valence-electron chi connectivity index (χ2n) is 4.44. The largest absolute Gasteiger partial charge is 0.423 e. The fourth-order valence-corrected chi connectivity index (χ4v) is 1.74. The van der Waals surface area contributed by atoms with E-state index in [1.165, 1.54) is 0 Å². The van der Waals surface area contributed by atoms with Crippen LogP contribution in [0.25, 0.3) is 6.08 Å². The number of hydrogen-bond donors (Lipinski definition) is 0. The summed E-state index contributed by atoms with van der Waals surface area (Å²) in [5.74, 6) is 0.234. The van der Waals surface area contributed by atoms with Crippen LogP contribution in [-0.4, -0.2) is 5.97 Å². The molecular formula is C17H16O2. The van der Waals surface area contributed by atoms with Gasteiger partial charge in [0.1, 0.15) is 5.75 Å². The quantitative estimate of drug-likeness (QED) is 0.469. The van der Waals surface area contributed by atoms with Crippen molar-refractivity contribution in [3.63, 3.8) is 0 Å². The Labute approximate surface area is 113 Å². The van der Waals surface area contributed by atoms with Gasteiger partial charge in [-0.1, -0.05) is 48.0 Å². The van der Waals surface area contributed by atoms with Gasteiger partial charge in [0.05, 0.1) is 0 Å². The number of carbonyl (C=O) groups excluding carboxylic acids is 1. The maximum Gasteiger partial charge on any atom is 0.339 e. The first-order valence-corrected chi connectivity index (χ1v) is 6.17. The molecule has 0 saturated heterocycles. The van der Waals surface area contributed by atoms with E-state index in [9.17, 15) is 4.79 Å². The minimum atomic E-state index is -0.326. The fourth-order valence-electron chi connectivity index (χ4n) is 1.74. The number of benzene rings is 2. The average molecular weight is 252 g/mol. The van der Waals surface area contributed by atoms with Crippen molar-refractivity contribution < 1.29 is 9.53 Å². The summed E-state index contributed by atoms with van der Waals surface area (Å²) in [6, 6.07) is 17.1. The van der Waals surface area contributed by atoms with Crippen molar-refractivity contribution in [2.24, 2.45) is 0 Å². The topological polar surface area (TPSA) is 26.3 Å². The zero-order valence-corrected chi connectivity index (χ0v) is 11.1. The molecule has 0 aliphatic carbocycles. The molecule has 2 heteroatoms. The molecule has 0 aliphatic rings. The van der Waals surface area contributed by atoms with Gasteiger partial charge in [-0.3, -0.25) is 0 Å². The van der Waals surface area contributed by atoms with Crippen molar-refractivity contribution in [2.75, 3.05) is 0 Å². The highest BCUT2D eigenvalue weighted by Gasteiger charge is 2.07. The molecule has 2 nitrogen and oxygen atoms in total. The van der Waals surface area contributed by atoms with E-state index in [0.717, 1.165) is 11.1 Å². The maximum atomic E-state index is 11.9. The molecule has 0 N–H and O–H groups in total. The molecule has 0 aromatic heterocycles. The third-order valence-corrected chi connectivity index (χ3v) is 2.70. The molecule has 0 unspecified atom stereocenters. The lowest BCUT2D eigenvalue weighted by atomic mass is 10.1. The molecule has 0 fully saturated rings. The van der Waals surface area contributed by atoms with Gasteiger partial charge in [-0.15, -0.1) is 0 Å². The van der Waals surface area contributed by atoms with Crippen molar-refractivity contribution in [1.29, 1.82) is 0 Å². The van der Waals surface area contributed by atoms with Crippen molar-refractivity contribution in [1.82, 2.24) is 0 Å². The van der Waals surface area contributed by atoms with E-state index in [1.54, 1.807) is 19.1 Å². The minimum absolute atomic E-state index is 0.326. The molecule has 0 bridgehead atoms. The molecule has 0 spiro atoms. The first kappa shape index (κ1) is 13.1. The molecule has 0 amide bonds. The molecular weight excluding hydrogens is 236 g/mol. The predicted molar refractivity (Wildman–Crippen MR) is 76.9 cm³/mol. The van der Waals surface area contributed by atoms with Crippen LogP contribution < -0.4 is 4.74 Å². The number of aryl methyl sites for hydroxylation is 1. The van der Waals surface area contributed by atoms with Gasteiger partial charge in [-0.25, -0.2) is 4.79 Å². The number of rotatable bonds is 3. The van der Waals surface area contributed by atoms with Crippen LogP contribution >= 0.6 is 0 Å². The predicted octanol–water partition coefficient (Wildman–Crippen LogP) is 4.00. The average Bonchev–Trinajstić information content (AvgIpc) is 2.40. The van der Waals surface area contributed by atoms with Gasteiger partial charge in [-0.05, 0) is 37.6 Å². The Balaban J connectivity index is 2.11. The first-order valence-electron chi connectivity index (χ1n) is 6.17. The summed E-state index contributed by atoms with van der Waals surface area (Å²) >= 11 is 0. The Morgan fingerprint density at radius 3 is 2.47 bits per heavy atom. The first-order chi connectivity index (χ1) is 9.15. The molecule has 0 atom stereocenters. The smallest absolute Gasteiger partial charge is 0.339 e. The summed E-state index contributed by atoms with van der Waals surface area (Å²) in [7, 11) is 0. The third kappa shape index (κ3) is 3.81. The van der Waals surface area contributed by atoms with Crippen LogP contribution in [0.1, 0.15) is 18.1 Å². The normalized spacial score (nSPS) is 11.2. The minimum Gasteiger partial charge on any atom is -0.423 e. The fraction of sp³-hybridized carbons (Fsp3) is 0.118. The highest BCUT2D eigenvalue weighted by Crippen LogP contribution is 2.13. The maximum absolute atomic E-state index is 11.9. The Bertz CT molecular complexity index is 598. The lowest BCUT2D eigenvalue weighted by Gasteiger charge is -2.04. The summed E-state index contributed by atoms with van der Waals surface area (Å²) in [5.41, 5.74) is 2.75. The molecule has 19 heavy (non-hydrogen) atoms. The highest BCUT2D eigenvalue weighted by atomic mass is 16.5. The van der Waals surface area contributed by atoms with Crippen molar-refractivity contribution in [3.05, 3.63) is 71.3 Å². The zero-order chi connectivity index (χ0) is 13.7. The second kappa shape index (κ2) is 6.01.